The molecule has 0 saturated carbocycles. The maximum atomic E-state index is 12.2. The number of fused-ring (bicyclic) bond motifs is 1. The summed E-state index contributed by atoms with van der Waals surface area (Å²) >= 11 is 8.37. The summed E-state index contributed by atoms with van der Waals surface area (Å²) in [5.41, 5.74) is 1.61. The molecular formula is C24H19BrN2O4S. The molecule has 0 radical (unpaired) electrons. The topological polar surface area (TPSA) is 76.7 Å². The minimum atomic E-state index is -0.552. The molecular weight excluding hydrogens is 492 g/mol. The number of ether oxygens (including phenoxy) is 2. The highest BCUT2D eigenvalue weighted by atomic mass is 79.9. The fourth-order valence-electron chi connectivity index (χ4n) is 3.42. The molecule has 0 atom stereocenters. The first-order valence-electron chi connectivity index (χ1n) is 9.90. The van der Waals surface area contributed by atoms with E-state index in [1.165, 1.54) is 6.08 Å². The van der Waals surface area contributed by atoms with Crippen LogP contribution in [0.15, 0.2) is 64.6 Å². The molecule has 0 aromatic heterocycles. The molecule has 1 aliphatic rings. The normalized spacial score (nSPS) is 13.6. The van der Waals surface area contributed by atoms with Crippen LogP contribution in [0.25, 0.3) is 16.8 Å². The molecule has 1 heterocycles. The van der Waals surface area contributed by atoms with Crippen molar-refractivity contribution in [2.45, 2.75) is 13.5 Å². The van der Waals surface area contributed by atoms with Gasteiger partial charge in [-0.05, 0) is 75.2 Å². The van der Waals surface area contributed by atoms with Crippen molar-refractivity contribution >= 4 is 61.9 Å². The van der Waals surface area contributed by atoms with Crippen LogP contribution in [0.2, 0.25) is 0 Å². The molecule has 2 amide bonds. The van der Waals surface area contributed by atoms with Crippen LogP contribution >= 0.6 is 28.1 Å². The predicted octanol–water partition coefficient (Wildman–Crippen LogP) is 4.49. The molecule has 0 aliphatic carbocycles. The molecule has 0 bridgehead atoms. The lowest BCUT2D eigenvalue weighted by atomic mass is 10.1. The van der Waals surface area contributed by atoms with Gasteiger partial charge in [0.05, 0.1) is 11.1 Å². The molecule has 6 nitrogen and oxygen atoms in total. The maximum Gasteiger partial charge on any atom is 0.263 e. The van der Waals surface area contributed by atoms with Gasteiger partial charge in [-0.15, -0.1) is 0 Å². The summed E-state index contributed by atoms with van der Waals surface area (Å²) in [4.78, 5) is 24.3. The molecule has 2 N–H and O–H groups in total. The third-order valence-electron chi connectivity index (χ3n) is 4.84. The van der Waals surface area contributed by atoms with Crippen LogP contribution in [0.1, 0.15) is 18.1 Å². The van der Waals surface area contributed by atoms with Crippen molar-refractivity contribution in [3.05, 3.63) is 75.8 Å². The highest BCUT2D eigenvalue weighted by molar-refractivity contribution is 9.10. The largest absolute Gasteiger partial charge is 0.490 e. The minimum Gasteiger partial charge on any atom is -0.490 e. The summed E-state index contributed by atoms with van der Waals surface area (Å²) in [6.07, 6.45) is 1.48. The molecule has 1 aliphatic heterocycles. The van der Waals surface area contributed by atoms with Gasteiger partial charge in [0.2, 0.25) is 0 Å². The van der Waals surface area contributed by atoms with Gasteiger partial charge in [-0.1, -0.05) is 42.5 Å². The van der Waals surface area contributed by atoms with Crippen LogP contribution in [-0.4, -0.2) is 23.5 Å². The van der Waals surface area contributed by atoms with Crippen molar-refractivity contribution in [3.8, 4) is 11.5 Å². The molecule has 3 aromatic carbocycles. The van der Waals surface area contributed by atoms with Gasteiger partial charge in [-0.2, -0.15) is 0 Å². The number of hydrogen-bond donors (Lipinski definition) is 2. The Bertz CT molecular complexity index is 1240. The summed E-state index contributed by atoms with van der Waals surface area (Å²) in [7, 11) is 0. The van der Waals surface area contributed by atoms with E-state index in [0.29, 0.717) is 34.7 Å². The van der Waals surface area contributed by atoms with Crippen molar-refractivity contribution in [2.24, 2.45) is 0 Å². The van der Waals surface area contributed by atoms with Crippen molar-refractivity contribution in [3.63, 3.8) is 0 Å². The van der Waals surface area contributed by atoms with E-state index in [1.807, 2.05) is 31.2 Å². The Labute approximate surface area is 198 Å². The van der Waals surface area contributed by atoms with Crippen molar-refractivity contribution in [1.29, 1.82) is 0 Å². The summed E-state index contributed by atoms with van der Waals surface area (Å²) in [6.45, 7) is 2.64. The molecule has 0 spiro atoms. The zero-order chi connectivity index (χ0) is 22.7. The van der Waals surface area contributed by atoms with E-state index < -0.39 is 11.8 Å². The molecule has 1 saturated heterocycles. The second kappa shape index (κ2) is 9.50. The van der Waals surface area contributed by atoms with Gasteiger partial charge in [0.25, 0.3) is 11.8 Å². The second-order valence-electron chi connectivity index (χ2n) is 6.99. The Kier molecular flexibility index (Phi) is 6.53. The average Bonchev–Trinajstić information content (AvgIpc) is 2.76. The van der Waals surface area contributed by atoms with Gasteiger partial charge in [0.15, 0.2) is 16.6 Å². The highest BCUT2D eigenvalue weighted by Crippen LogP contribution is 2.38. The van der Waals surface area contributed by atoms with Crippen molar-refractivity contribution < 1.29 is 19.1 Å². The Morgan fingerprint density at radius 2 is 1.72 bits per heavy atom. The molecule has 0 unspecified atom stereocenters. The van der Waals surface area contributed by atoms with E-state index in [9.17, 15) is 9.59 Å². The first-order chi connectivity index (χ1) is 15.5. The summed E-state index contributed by atoms with van der Waals surface area (Å²) in [5.74, 6) is -0.0602. The monoisotopic (exact) mass is 510 g/mol. The maximum absolute atomic E-state index is 12.2. The number of rotatable bonds is 6. The molecule has 8 heteroatoms. The number of halogens is 1. The number of benzene rings is 3. The SMILES string of the molecule is CCOc1cc(C=C2C(=O)NC(=S)NC2=O)cc(Br)c1OCc1cccc2ccccc12. The lowest BCUT2D eigenvalue weighted by molar-refractivity contribution is -0.123. The van der Waals surface area contributed by atoms with Crippen LogP contribution in [0.5, 0.6) is 11.5 Å². The minimum absolute atomic E-state index is 0.00878. The highest BCUT2D eigenvalue weighted by Gasteiger charge is 2.26. The Morgan fingerprint density at radius 3 is 2.47 bits per heavy atom. The number of carbonyl (C=O) groups is 2. The number of carbonyl (C=O) groups excluding carboxylic acids is 2. The first-order valence-corrected chi connectivity index (χ1v) is 11.1. The lowest BCUT2D eigenvalue weighted by Crippen LogP contribution is -2.51. The molecule has 3 aromatic rings. The predicted molar refractivity (Wildman–Crippen MR) is 130 cm³/mol. The summed E-state index contributed by atoms with van der Waals surface area (Å²) < 4.78 is 12.6. The van der Waals surface area contributed by atoms with Crippen LogP contribution in [-0.2, 0) is 16.2 Å². The molecule has 162 valence electrons. The summed E-state index contributed by atoms with van der Waals surface area (Å²) in [5, 5.41) is 7.10. The van der Waals surface area contributed by atoms with Gasteiger partial charge in [-0.25, -0.2) is 0 Å². The van der Waals surface area contributed by atoms with E-state index in [-0.39, 0.29) is 10.7 Å². The zero-order valence-electron chi connectivity index (χ0n) is 17.1. The van der Waals surface area contributed by atoms with E-state index in [4.69, 9.17) is 21.7 Å². The fraction of sp³-hybridized carbons (Fsp3) is 0.125. The number of nitrogens with one attached hydrogen (secondary N) is 2. The van der Waals surface area contributed by atoms with Gasteiger partial charge in [0.1, 0.15) is 12.2 Å². The quantitative estimate of drug-likeness (QED) is 0.290. The van der Waals surface area contributed by atoms with Crippen molar-refractivity contribution in [2.75, 3.05) is 6.61 Å². The van der Waals surface area contributed by atoms with Crippen LogP contribution in [0.4, 0.5) is 0 Å². The smallest absolute Gasteiger partial charge is 0.263 e. The zero-order valence-corrected chi connectivity index (χ0v) is 19.5. The fourth-order valence-corrected chi connectivity index (χ4v) is 4.18. The Balaban J connectivity index is 1.64. The van der Waals surface area contributed by atoms with Gasteiger partial charge in [0, 0.05) is 0 Å². The van der Waals surface area contributed by atoms with Crippen molar-refractivity contribution in [1.82, 2.24) is 10.6 Å². The third-order valence-corrected chi connectivity index (χ3v) is 5.63. The van der Waals surface area contributed by atoms with E-state index in [0.717, 1.165) is 16.3 Å². The Morgan fingerprint density at radius 1 is 1.00 bits per heavy atom. The van der Waals surface area contributed by atoms with Gasteiger partial charge >= 0.3 is 0 Å². The first kappa shape index (κ1) is 22.0. The van der Waals surface area contributed by atoms with Gasteiger partial charge in [-0.3, -0.25) is 20.2 Å². The number of thiocarbonyl (C=S) groups is 1. The Hall–Kier alpha value is -3.23. The average molecular weight is 511 g/mol. The van der Waals surface area contributed by atoms with Crippen LogP contribution in [0.3, 0.4) is 0 Å². The van der Waals surface area contributed by atoms with Crippen LogP contribution < -0.4 is 20.1 Å². The van der Waals surface area contributed by atoms with E-state index in [1.54, 1.807) is 12.1 Å². The number of hydrogen-bond acceptors (Lipinski definition) is 5. The van der Waals surface area contributed by atoms with E-state index >= 15 is 0 Å². The van der Waals surface area contributed by atoms with Gasteiger partial charge < -0.3 is 9.47 Å². The van der Waals surface area contributed by atoms with E-state index in [2.05, 4.69) is 44.8 Å². The molecule has 32 heavy (non-hydrogen) atoms. The third kappa shape index (κ3) is 4.66. The standard InChI is InChI=1S/C24H19BrN2O4S/c1-2-30-20-12-14(10-18-22(28)26-24(32)27-23(18)29)11-19(25)21(20)31-13-16-8-5-7-15-6-3-4-9-17(15)16/h3-12H,2,13H2,1H3,(H2,26,27,28,29,32). The molecule has 4 rings (SSSR count). The number of amides is 2. The lowest BCUT2D eigenvalue weighted by Gasteiger charge is -2.18. The van der Waals surface area contributed by atoms with Crippen LogP contribution in [0, 0.1) is 0 Å². The second-order valence-corrected chi connectivity index (χ2v) is 8.25. The summed E-state index contributed by atoms with van der Waals surface area (Å²) in [6, 6.07) is 17.7. The molecule has 1 fully saturated rings.